The van der Waals surface area contributed by atoms with E-state index in [2.05, 4.69) is 24.3 Å². The number of piperidine rings is 2. The molecule has 2 aliphatic rings. The molecule has 0 radical (unpaired) electrons. The molecule has 0 bridgehead atoms. The average molecular weight is 314 g/mol. The minimum atomic E-state index is -0.0932. The molecule has 0 aliphatic carbocycles. The van der Waals surface area contributed by atoms with Gasteiger partial charge in [0, 0.05) is 39.0 Å². The molecule has 23 heavy (non-hydrogen) atoms. The van der Waals surface area contributed by atoms with Gasteiger partial charge in [-0.15, -0.1) is 0 Å². The van der Waals surface area contributed by atoms with Crippen molar-refractivity contribution < 1.29 is 9.59 Å². The van der Waals surface area contributed by atoms with Gasteiger partial charge in [0.05, 0.1) is 0 Å². The van der Waals surface area contributed by atoms with E-state index in [4.69, 9.17) is 0 Å². The van der Waals surface area contributed by atoms with Crippen molar-refractivity contribution in [1.29, 1.82) is 0 Å². The normalized spacial score (nSPS) is 23.2. The number of amides is 2. The number of nitrogens with zero attached hydrogens (tertiary/aromatic N) is 2. The van der Waals surface area contributed by atoms with Crippen LogP contribution in [-0.2, 0) is 16.0 Å². The Morgan fingerprint density at radius 2 is 1.78 bits per heavy atom. The van der Waals surface area contributed by atoms with Crippen molar-refractivity contribution in [2.75, 3.05) is 26.7 Å². The standard InChI is InChI=1S/C19H26N2O2/c1-20-10-9-17(14-18(20)22)19(23)21-11-7-16(8-12-21)13-15-5-3-2-4-6-15/h2-6,16-17H,7-14H2,1H3/t17-/m1/s1. The highest BCUT2D eigenvalue weighted by molar-refractivity contribution is 5.86. The van der Waals surface area contributed by atoms with E-state index < -0.39 is 0 Å². The molecule has 4 heteroatoms. The van der Waals surface area contributed by atoms with E-state index in [1.807, 2.05) is 18.0 Å². The number of benzene rings is 1. The zero-order valence-electron chi connectivity index (χ0n) is 13.9. The quantitative estimate of drug-likeness (QED) is 0.859. The van der Waals surface area contributed by atoms with E-state index in [-0.39, 0.29) is 17.7 Å². The van der Waals surface area contributed by atoms with Gasteiger partial charge in [-0.2, -0.15) is 0 Å². The lowest BCUT2D eigenvalue weighted by Gasteiger charge is -2.36. The van der Waals surface area contributed by atoms with E-state index in [0.29, 0.717) is 18.9 Å². The second kappa shape index (κ2) is 7.16. The zero-order chi connectivity index (χ0) is 16.2. The Balaban J connectivity index is 1.49. The van der Waals surface area contributed by atoms with Crippen molar-refractivity contribution in [3.05, 3.63) is 35.9 Å². The maximum atomic E-state index is 12.6. The van der Waals surface area contributed by atoms with Gasteiger partial charge < -0.3 is 9.80 Å². The summed E-state index contributed by atoms with van der Waals surface area (Å²) in [5.41, 5.74) is 1.39. The van der Waals surface area contributed by atoms with Crippen LogP contribution >= 0.6 is 0 Å². The molecule has 0 unspecified atom stereocenters. The summed E-state index contributed by atoms with van der Waals surface area (Å²) in [7, 11) is 1.82. The minimum Gasteiger partial charge on any atom is -0.346 e. The second-order valence-electron chi connectivity index (χ2n) is 6.96. The van der Waals surface area contributed by atoms with Crippen LogP contribution in [0.25, 0.3) is 0 Å². The third-order valence-corrected chi connectivity index (χ3v) is 5.30. The summed E-state index contributed by atoms with van der Waals surface area (Å²) in [6, 6.07) is 10.6. The molecule has 1 aromatic rings. The maximum Gasteiger partial charge on any atom is 0.226 e. The maximum absolute atomic E-state index is 12.6. The van der Waals surface area contributed by atoms with Crippen molar-refractivity contribution >= 4 is 11.8 Å². The lowest BCUT2D eigenvalue weighted by molar-refractivity contribution is -0.145. The van der Waals surface area contributed by atoms with Crippen LogP contribution in [0.2, 0.25) is 0 Å². The van der Waals surface area contributed by atoms with Gasteiger partial charge in [-0.25, -0.2) is 0 Å². The number of likely N-dealkylation sites (tertiary alicyclic amines) is 2. The molecule has 2 heterocycles. The summed E-state index contributed by atoms with van der Waals surface area (Å²) in [4.78, 5) is 28.2. The SMILES string of the molecule is CN1CC[C@@H](C(=O)N2CCC(Cc3ccccc3)CC2)CC1=O. The van der Waals surface area contributed by atoms with E-state index in [9.17, 15) is 9.59 Å². The summed E-state index contributed by atoms with van der Waals surface area (Å²) in [5.74, 6) is 0.878. The Bertz CT molecular complexity index is 550. The van der Waals surface area contributed by atoms with Gasteiger partial charge in [0.25, 0.3) is 0 Å². The van der Waals surface area contributed by atoms with Crippen LogP contribution < -0.4 is 0 Å². The van der Waals surface area contributed by atoms with E-state index in [1.165, 1.54) is 5.56 Å². The Kier molecular flexibility index (Phi) is 4.99. The first-order chi connectivity index (χ1) is 11.1. The average Bonchev–Trinajstić information content (AvgIpc) is 2.58. The third-order valence-electron chi connectivity index (χ3n) is 5.30. The highest BCUT2D eigenvalue weighted by Gasteiger charge is 2.33. The molecule has 4 nitrogen and oxygen atoms in total. The zero-order valence-corrected chi connectivity index (χ0v) is 13.9. The molecule has 0 aromatic heterocycles. The topological polar surface area (TPSA) is 40.6 Å². The first kappa shape index (κ1) is 16.0. The van der Waals surface area contributed by atoms with Crippen LogP contribution in [0.1, 0.15) is 31.2 Å². The highest BCUT2D eigenvalue weighted by Crippen LogP contribution is 2.25. The van der Waals surface area contributed by atoms with Crippen LogP contribution in [0, 0.1) is 11.8 Å². The summed E-state index contributed by atoms with van der Waals surface area (Å²) in [6.45, 7) is 2.40. The van der Waals surface area contributed by atoms with Crippen molar-refractivity contribution in [1.82, 2.24) is 9.80 Å². The van der Waals surface area contributed by atoms with Gasteiger partial charge >= 0.3 is 0 Å². The summed E-state index contributed by atoms with van der Waals surface area (Å²) >= 11 is 0. The molecule has 0 N–H and O–H groups in total. The van der Waals surface area contributed by atoms with Crippen LogP contribution in [0.15, 0.2) is 30.3 Å². The Morgan fingerprint density at radius 1 is 1.09 bits per heavy atom. The van der Waals surface area contributed by atoms with Crippen molar-refractivity contribution in [3.8, 4) is 0 Å². The lowest BCUT2D eigenvalue weighted by atomic mass is 9.88. The first-order valence-electron chi connectivity index (χ1n) is 8.70. The monoisotopic (exact) mass is 314 g/mol. The highest BCUT2D eigenvalue weighted by atomic mass is 16.2. The second-order valence-corrected chi connectivity index (χ2v) is 6.96. The van der Waals surface area contributed by atoms with Gasteiger partial charge in [0.2, 0.25) is 11.8 Å². The number of hydrogen-bond donors (Lipinski definition) is 0. The largest absolute Gasteiger partial charge is 0.346 e. The minimum absolute atomic E-state index is 0.0932. The molecule has 1 atom stereocenters. The number of carbonyl (C=O) groups excluding carboxylic acids is 2. The van der Waals surface area contributed by atoms with Crippen LogP contribution in [0.4, 0.5) is 0 Å². The van der Waals surface area contributed by atoms with Gasteiger partial charge in [0.15, 0.2) is 0 Å². The van der Waals surface area contributed by atoms with E-state index >= 15 is 0 Å². The molecule has 1 aromatic carbocycles. The fourth-order valence-corrected chi connectivity index (χ4v) is 3.72. The summed E-state index contributed by atoms with van der Waals surface area (Å²) in [6.07, 6.45) is 4.45. The summed E-state index contributed by atoms with van der Waals surface area (Å²) in [5, 5.41) is 0. The molecule has 2 saturated heterocycles. The fourth-order valence-electron chi connectivity index (χ4n) is 3.72. The van der Waals surface area contributed by atoms with Crippen LogP contribution in [0.5, 0.6) is 0 Å². The molecular formula is C19H26N2O2. The number of carbonyl (C=O) groups is 2. The number of rotatable bonds is 3. The lowest BCUT2D eigenvalue weighted by Crippen LogP contribution is -2.46. The third kappa shape index (κ3) is 3.92. The van der Waals surface area contributed by atoms with Gasteiger partial charge in [-0.05, 0) is 37.2 Å². The Labute approximate surface area is 138 Å². The number of hydrogen-bond acceptors (Lipinski definition) is 2. The molecule has 2 amide bonds. The van der Waals surface area contributed by atoms with E-state index in [1.54, 1.807) is 4.90 Å². The van der Waals surface area contributed by atoms with Crippen LogP contribution in [-0.4, -0.2) is 48.3 Å². The van der Waals surface area contributed by atoms with Crippen LogP contribution in [0.3, 0.4) is 0 Å². The fraction of sp³-hybridized carbons (Fsp3) is 0.579. The molecule has 2 aliphatic heterocycles. The molecule has 3 rings (SSSR count). The van der Waals surface area contributed by atoms with Crippen molar-refractivity contribution in [2.24, 2.45) is 11.8 Å². The Morgan fingerprint density at radius 3 is 2.43 bits per heavy atom. The summed E-state index contributed by atoms with van der Waals surface area (Å²) < 4.78 is 0. The molecule has 0 saturated carbocycles. The van der Waals surface area contributed by atoms with E-state index in [0.717, 1.165) is 38.8 Å². The predicted octanol–water partition coefficient (Wildman–Crippen LogP) is 2.34. The molecule has 2 fully saturated rings. The molecule has 0 spiro atoms. The molecular weight excluding hydrogens is 288 g/mol. The first-order valence-corrected chi connectivity index (χ1v) is 8.70. The predicted molar refractivity (Wildman–Crippen MR) is 89.8 cm³/mol. The van der Waals surface area contributed by atoms with Gasteiger partial charge in [0.1, 0.15) is 0 Å². The van der Waals surface area contributed by atoms with Gasteiger partial charge in [-0.1, -0.05) is 30.3 Å². The molecule has 124 valence electrons. The smallest absolute Gasteiger partial charge is 0.226 e. The van der Waals surface area contributed by atoms with Gasteiger partial charge in [-0.3, -0.25) is 9.59 Å². The van der Waals surface area contributed by atoms with Crippen molar-refractivity contribution in [2.45, 2.75) is 32.1 Å². The van der Waals surface area contributed by atoms with Crippen molar-refractivity contribution in [3.63, 3.8) is 0 Å². The Hall–Kier alpha value is -1.84.